The average molecular weight is 483 g/mol. The van der Waals surface area contributed by atoms with Crippen molar-refractivity contribution in [1.29, 1.82) is 0 Å². The second-order valence-electron chi connectivity index (χ2n) is 8.11. The monoisotopic (exact) mass is 482 g/mol. The van der Waals surface area contributed by atoms with E-state index < -0.39 is 52.0 Å². The van der Waals surface area contributed by atoms with Gasteiger partial charge in [-0.15, -0.1) is 0 Å². The van der Waals surface area contributed by atoms with Crippen LogP contribution < -0.4 is 10.6 Å². The number of nitrogens with one attached hydrogen (secondary N) is 2. The summed E-state index contributed by atoms with van der Waals surface area (Å²) in [5, 5.41) is 4.97. The minimum atomic E-state index is -3.66. The summed E-state index contributed by atoms with van der Waals surface area (Å²) in [6.07, 6.45) is -1.22. The molecule has 2 aliphatic rings. The molecule has 0 bridgehead atoms. The molecule has 1 aromatic rings. The summed E-state index contributed by atoms with van der Waals surface area (Å²) in [6, 6.07) is 4.88. The lowest BCUT2D eigenvalue weighted by Gasteiger charge is -2.26. The minimum Gasteiger partial charge on any atom is -0.451 e. The third-order valence-electron chi connectivity index (χ3n) is 5.14. The van der Waals surface area contributed by atoms with Crippen LogP contribution in [0.5, 0.6) is 0 Å². The van der Waals surface area contributed by atoms with Crippen LogP contribution in [0.25, 0.3) is 0 Å². The van der Waals surface area contributed by atoms with E-state index in [-0.39, 0.29) is 18.0 Å². The Kier molecular flexibility index (Phi) is 7.05. The van der Waals surface area contributed by atoms with Crippen LogP contribution >= 0.6 is 0 Å². The maximum atomic E-state index is 12.6. The number of morpholine rings is 1. The van der Waals surface area contributed by atoms with Gasteiger partial charge >= 0.3 is 12.0 Å². The van der Waals surface area contributed by atoms with Gasteiger partial charge < -0.3 is 20.1 Å². The Morgan fingerprint density at radius 1 is 1.18 bits per heavy atom. The van der Waals surface area contributed by atoms with E-state index in [0.717, 1.165) is 4.90 Å². The molecule has 13 heteroatoms. The van der Waals surface area contributed by atoms with Crippen LogP contribution in [0.3, 0.4) is 0 Å². The molecule has 0 aliphatic carbocycles. The highest BCUT2D eigenvalue weighted by Gasteiger charge is 2.45. The first-order chi connectivity index (χ1) is 15.4. The van der Waals surface area contributed by atoms with Crippen LogP contribution in [-0.2, 0) is 33.9 Å². The Hall–Kier alpha value is -3.03. The van der Waals surface area contributed by atoms with Crippen LogP contribution in [0.2, 0.25) is 0 Å². The molecular weight excluding hydrogens is 456 g/mol. The summed E-state index contributed by atoms with van der Waals surface area (Å²) < 4.78 is 36.8. The lowest BCUT2D eigenvalue weighted by molar-refractivity contribution is -0.155. The molecule has 0 saturated carbocycles. The lowest BCUT2D eigenvalue weighted by atomic mass is 10.1. The number of benzene rings is 1. The van der Waals surface area contributed by atoms with Crippen LogP contribution in [0.15, 0.2) is 29.2 Å². The number of carbonyl (C=O) groups excluding carboxylic acids is 4. The van der Waals surface area contributed by atoms with Gasteiger partial charge in [0.05, 0.1) is 18.1 Å². The van der Waals surface area contributed by atoms with E-state index in [1.54, 1.807) is 0 Å². The van der Waals surface area contributed by atoms with Gasteiger partial charge in [0.2, 0.25) is 10.0 Å². The number of anilines is 1. The molecule has 2 heterocycles. The van der Waals surface area contributed by atoms with E-state index in [0.29, 0.717) is 18.9 Å². The van der Waals surface area contributed by atoms with Crippen molar-refractivity contribution in [1.82, 2.24) is 14.5 Å². The van der Waals surface area contributed by atoms with Crippen molar-refractivity contribution in [3.63, 3.8) is 0 Å². The highest BCUT2D eigenvalue weighted by molar-refractivity contribution is 7.89. The van der Waals surface area contributed by atoms with Gasteiger partial charge in [-0.05, 0) is 45.0 Å². The van der Waals surface area contributed by atoms with Gasteiger partial charge in [-0.1, -0.05) is 0 Å². The van der Waals surface area contributed by atoms with E-state index in [1.165, 1.54) is 49.3 Å². The summed E-state index contributed by atoms with van der Waals surface area (Å²) >= 11 is 0. The summed E-state index contributed by atoms with van der Waals surface area (Å²) in [4.78, 5) is 49.3. The summed E-state index contributed by atoms with van der Waals surface area (Å²) in [7, 11) is -3.66. The van der Waals surface area contributed by atoms with Crippen molar-refractivity contribution >= 4 is 39.5 Å². The molecular formula is C20H26N4O8S. The Balaban J connectivity index is 1.55. The zero-order valence-electron chi connectivity index (χ0n) is 18.5. The predicted molar refractivity (Wildman–Crippen MR) is 115 cm³/mol. The molecule has 1 unspecified atom stereocenters. The van der Waals surface area contributed by atoms with Gasteiger partial charge in [-0.3, -0.25) is 19.3 Å². The Bertz CT molecular complexity index is 1050. The maximum Gasteiger partial charge on any atom is 0.327 e. The second kappa shape index (κ2) is 9.45. The zero-order valence-corrected chi connectivity index (χ0v) is 19.3. The third-order valence-corrected chi connectivity index (χ3v) is 7.05. The molecule has 2 aliphatic heterocycles. The molecule has 0 radical (unpaired) electrons. The van der Waals surface area contributed by atoms with Gasteiger partial charge in [0, 0.05) is 18.8 Å². The standard InChI is InChI=1S/C20H26N4O8S/c1-13(32-16(25)12-24-18(27)20(2,3)22-19(24)28)17(26)21-14-4-6-15(7-5-14)33(29,30)23-8-10-31-11-9-23/h4-7,13H,8-12H2,1-3H3,(H,21,26)(H,22,28). The quantitative estimate of drug-likeness (QED) is 0.404. The number of rotatable bonds is 7. The fourth-order valence-corrected chi connectivity index (χ4v) is 4.68. The fourth-order valence-electron chi connectivity index (χ4n) is 3.27. The molecule has 0 spiro atoms. The Morgan fingerprint density at radius 2 is 1.79 bits per heavy atom. The van der Waals surface area contributed by atoms with Gasteiger partial charge in [0.1, 0.15) is 12.1 Å². The number of esters is 1. The number of hydrogen-bond acceptors (Lipinski definition) is 8. The molecule has 3 rings (SSSR count). The molecule has 0 aromatic heterocycles. The number of sulfonamides is 1. The number of imide groups is 1. The predicted octanol–water partition coefficient (Wildman–Crippen LogP) is -0.0919. The van der Waals surface area contributed by atoms with Crippen molar-refractivity contribution in [2.45, 2.75) is 37.3 Å². The highest BCUT2D eigenvalue weighted by Crippen LogP contribution is 2.20. The Morgan fingerprint density at radius 3 is 2.33 bits per heavy atom. The normalized spacial score (nSPS) is 19.7. The largest absolute Gasteiger partial charge is 0.451 e. The molecule has 4 amide bonds. The van der Waals surface area contributed by atoms with Crippen molar-refractivity contribution < 1.29 is 37.1 Å². The van der Waals surface area contributed by atoms with Crippen molar-refractivity contribution in [3.8, 4) is 0 Å². The van der Waals surface area contributed by atoms with E-state index in [2.05, 4.69) is 10.6 Å². The first-order valence-corrected chi connectivity index (χ1v) is 11.7. The summed E-state index contributed by atoms with van der Waals surface area (Å²) in [5.74, 6) is -2.16. The van der Waals surface area contributed by atoms with Crippen LogP contribution in [-0.4, -0.2) is 85.9 Å². The van der Waals surface area contributed by atoms with Crippen LogP contribution in [0, 0.1) is 0 Å². The molecule has 2 fully saturated rings. The second-order valence-corrected chi connectivity index (χ2v) is 10.0. The molecule has 12 nitrogen and oxygen atoms in total. The SMILES string of the molecule is CC(OC(=O)CN1C(=O)NC(C)(C)C1=O)C(=O)Nc1ccc(S(=O)(=O)N2CCOCC2)cc1. The fraction of sp³-hybridized carbons (Fsp3) is 0.500. The third kappa shape index (κ3) is 5.49. The average Bonchev–Trinajstić information content (AvgIpc) is 2.96. The molecule has 2 N–H and O–H groups in total. The van der Waals surface area contributed by atoms with Gasteiger partial charge in [-0.2, -0.15) is 4.31 Å². The molecule has 33 heavy (non-hydrogen) atoms. The topological polar surface area (TPSA) is 151 Å². The smallest absolute Gasteiger partial charge is 0.327 e. The Labute approximate surface area is 191 Å². The summed E-state index contributed by atoms with van der Waals surface area (Å²) in [5.41, 5.74) is -0.818. The number of hydrogen-bond donors (Lipinski definition) is 2. The number of ether oxygens (including phenoxy) is 2. The van der Waals surface area contributed by atoms with Crippen LogP contribution in [0.1, 0.15) is 20.8 Å². The van der Waals surface area contributed by atoms with E-state index in [1.807, 2.05) is 0 Å². The van der Waals surface area contributed by atoms with E-state index in [9.17, 15) is 27.6 Å². The number of nitrogens with zero attached hydrogens (tertiary/aromatic N) is 2. The molecule has 1 atom stereocenters. The first-order valence-electron chi connectivity index (χ1n) is 10.2. The molecule has 1 aromatic carbocycles. The van der Waals surface area contributed by atoms with Crippen molar-refractivity contribution in [3.05, 3.63) is 24.3 Å². The van der Waals surface area contributed by atoms with Crippen molar-refractivity contribution in [2.75, 3.05) is 38.2 Å². The highest BCUT2D eigenvalue weighted by atomic mass is 32.2. The molecule has 2 saturated heterocycles. The number of amides is 4. The minimum absolute atomic E-state index is 0.0818. The number of urea groups is 1. The van der Waals surface area contributed by atoms with Gasteiger partial charge in [0.25, 0.3) is 11.8 Å². The lowest BCUT2D eigenvalue weighted by Crippen LogP contribution is -2.42. The number of carbonyl (C=O) groups is 4. The maximum absolute atomic E-state index is 12.6. The van der Waals surface area contributed by atoms with Gasteiger partial charge in [-0.25, -0.2) is 13.2 Å². The zero-order chi connectivity index (χ0) is 24.4. The first kappa shape index (κ1) is 24.6. The van der Waals surface area contributed by atoms with E-state index >= 15 is 0 Å². The van der Waals surface area contributed by atoms with Crippen LogP contribution in [0.4, 0.5) is 10.5 Å². The van der Waals surface area contributed by atoms with E-state index in [4.69, 9.17) is 9.47 Å². The summed E-state index contributed by atoms with van der Waals surface area (Å²) in [6.45, 7) is 4.92. The van der Waals surface area contributed by atoms with Crippen molar-refractivity contribution in [2.24, 2.45) is 0 Å². The van der Waals surface area contributed by atoms with Gasteiger partial charge in [0.15, 0.2) is 6.10 Å². The molecule has 180 valence electrons.